The van der Waals surface area contributed by atoms with Crippen molar-refractivity contribution in [3.8, 4) is 5.75 Å². The van der Waals surface area contributed by atoms with E-state index in [1.54, 1.807) is 19.3 Å². The average Bonchev–Trinajstić information content (AvgIpc) is 2.82. The van der Waals surface area contributed by atoms with Crippen molar-refractivity contribution in [2.24, 2.45) is 0 Å². The quantitative estimate of drug-likeness (QED) is 0.530. The molecule has 0 spiro atoms. The van der Waals surface area contributed by atoms with Gasteiger partial charge in [0, 0.05) is 49.9 Å². The molecule has 0 N–H and O–H groups in total. The molecule has 1 saturated heterocycles. The molecule has 0 atom stereocenters. The van der Waals surface area contributed by atoms with Gasteiger partial charge in [-0.2, -0.15) is 0 Å². The van der Waals surface area contributed by atoms with Crippen LogP contribution in [0, 0.1) is 0 Å². The first kappa shape index (κ1) is 21.9. The fourth-order valence-electron chi connectivity index (χ4n) is 4.08. The Morgan fingerprint density at radius 1 is 1.19 bits per heavy atom. The highest BCUT2D eigenvalue weighted by Crippen LogP contribution is 2.30. The third-order valence-electron chi connectivity index (χ3n) is 5.94. The number of piperazine rings is 1. The lowest BCUT2D eigenvalue weighted by molar-refractivity contribution is -0.126. The highest BCUT2D eigenvalue weighted by Gasteiger charge is 2.30. The van der Waals surface area contributed by atoms with Gasteiger partial charge in [0.05, 0.1) is 13.7 Å². The molecular weight excluding hydrogens is 406 g/mol. The molecule has 4 rings (SSSR count). The van der Waals surface area contributed by atoms with E-state index in [1.165, 1.54) is 0 Å². The maximum Gasteiger partial charge on any atom is 0.342 e. The van der Waals surface area contributed by atoms with E-state index in [0.29, 0.717) is 50.6 Å². The Bertz CT molecular complexity index is 1040. The minimum atomic E-state index is -0.303. The minimum Gasteiger partial charge on any atom is -0.496 e. The van der Waals surface area contributed by atoms with Crippen LogP contribution < -0.4 is 9.64 Å². The number of nitrogens with zero attached hydrogens (tertiary/aromatic N) is 3. The maximum atomic E-state index is 12.7. The van der Waals surface area contributed by atoms with E-state index in [4.69, 9.17) is 14.5 Å². The van der Waals surface area contributed by atoms with Crippen molar-refractivity contribution in [2.45, 2.75) is 26.2 Å². The van der Waals surface area contributed by atoms with Crippen LogP contribution in [0.1, 0.15) is 46.9 Å². The fourth-order valence-corrected chi connectivity index (χ4v) is 4.08. The Labute approximate surface area is 188 Å². The first-order valence-corrected chi connectivity index (χ1v) is 11.0. The van der Waals surface area contributed by atoms with E-state index in [1.807, 2.05) is 35.2 Å². The van der Waals surface area contributed by atoms with Crippen molar-refractivity contribution in [1.29, 1.82) is 0 Å². The number of pyridine rings is 1. The number of cyclic esters (lactones) is 1. The van der Waals surface area contributed by atoms with E-state index in [0.717, 1.165) is 22.6 Å². The van der Waals surface area contributed by atoms with Gasteiger partial charge in [-0.15, -0.1) is 0 Å². The number of rotatable bonds is 5. The Balaban J connectivity index is 1.48. The van der Waals surface area contributed by atoms with Gasteiger partial charge in [-0.25, -0.2) is 9.78 Å². The number of carbonyl (C=O) groups excluding carboxylic acids is 2. The number of hydrogen-bond acceptors (Lipinski definition) is 6. The summed E-state index contributed by atoms with van der Waals surface area (Å²) in [5, 5.41) is 0. The number of aromatic nitrogens is 1. The molecule has 2 aliphatic rings. The van der Waals surface area contributed by atoms with Gasteiger partial charge in [0.1, 0.15) is 17.1 Å². The second-order valence-corrected chi connectivity index (χ2v) is 8.33. The van der Waals surface area contributed by atoms with E-state index in [9.17, 15) is 9.59 Å². The summed E-state index contributed by atoms with van der Waals surface area (Å²) < 4.78 is 10.6. The average molecular weight is 436 g/mol. The van der Waals surface area contributed by atoms with E-state index >= 15 is 0 Å². The molecule has 0 unspecified atom stereocenters. The standard InChI is InChI=1S/C25H29N3O4/c1-17(2)20-16-19-10-15-32-25(30)23(19)24(26-20)28-13-11-27(12-14-28)22(29)9-8-18-6-4-5-7-21(18)31-3/h4-9,16-17H,10-15H2,1-3H3. The van der Waals surface area contributed by atoms with Gasteiger partial charge in [0.15, 0.2) is 0 Å². The number of para-hydroxylation sites is 1. The summed E-state index contributed by atoms with van der Waals surface area (Å²) in [6.07, 6.45) is 4.08. The third-order valence-corrected chi connectivity index (χ3v) is 5.94. The van der Waals surface area contributed by atoms with Crippen LogP contribution in [-0.2, 0) is 16.0 Å². The zero-order valence-electron chi connectivity index (χ0n) is 18.8. The van der Waals surface area contributed by atoms with Crippen LogP contribution in [0.2, 0.25) is 0 Å². The molecule has 0 saturated carbocycles. The maximum absolute atomic E-state index is 12.7. The van der Waals surface area contributed by atoms with E-state index in [2.05, 4.69) is 18.7 Å². The number of fused-ring (bicyclic) bond motifs is 1. The van der Waals surface area contributed by atoms with Gasteiger partial charge < -0.3 is 19.3 Å². The van der Waals surface area contributed by atoms with Crippen molar-refractivity contribution in [1.82, 2.24) is 9.88 Å². The second kappa shape index (κ2) is 9.42. The Morgan fingerprint density at radius 3 is 2.66 bits per heavy atom. The molecule has 32 heavy (non-hydrogen) atoms. The first-order chi connectivity index (χ1) is 15.5. The predicted octanol–water partition coefficient (Wildman–Crippen LogP) is 3.29. The van der Waals surface area contributed by atoms with Crippen molar-refractivity contribution in [2.75, 3.05) is 44.8 Å². The molecule has 0 aliphatic carbocycles. The van der Waals surface area contributed by atoms with Crippen LogP contribution in [0.15, 0.2) is 36.4 Å². The molecule has 1 fully saturated rings. The number of anilines is 1. The van der Waals surface area contributed by atoms with Crippen molar-refractivity contribution in [3.05, 3.63) is 58.8 Å². The molecule has 3 heterocycles. The first-order valence-electron chi connectivity index (χ1n) is 11.0. The third kappa shape index (κ3) is 4.47. The minimum absolute atomic E-state index is 0.0408. The summed E-state index contributed by atoms with van der Waals surface area (Å²) in [5.74, 6) is 1.34. The van der Waals surface area contributed by atoms with Crippen LogP contribution in [0.3, 0.4) is 0 Å². The van der Waals surface area contributed by atoms with Crippen LogP contribution >= 0.6 is 0 Å². The Kier molecular flexibility index (Phi) is 6.44. The lowest BCUT2D eigenvalue weighted by atomic mass is 9.98. The molecule has 168 valence electrons. The van der Waals surface area contributed by atoms with Gasteiger partial charge in [-0.05, 0) is 29.7 Å². The zero-order chi connectivity index (χ0) is 22.7. The van der Waals surface area contributed by atoms with Gasteiger partial charge >= 0.3 is 5.97 Å². The number of carbonyl (C=O) groups is 2. The Hall–Kier alpha value is -3.35. The number of hydrogen-bond donors (Lipinski definition) is 0. The number of methoxy groups -OCH3 is 1. The highest BCUT2D eigenvalue weighted by atomic mass is 16.5. The van der Waals surface area contributed by atoms with Gasteiger partial charge in [0.2, 0.25) is 5.91 Å². The lowest BCUT2D eigenvalue weighted by Gasteiger charge is -2.36. The van der Waals surface area contributed by atoms with Gasteiger partial charge in [-0.3, -0.25) is 4.79 Å². The number of amides is 1. The topological polar surface area (TPSA) is 72.0 Å². The zero-order valence-corrected chi connectivity index (χ0v) is 18.8. The number of ether oxygens (including phenoxy) is 2. The van der Waals surface area contributed by atoms with E-state index < -0.39 is 0 Å². The molecule has 7 heteroatoms. The SMILES string of the molecule is COc1ccccc1C=CC(=O)N1CCN(c2nc(C(C)C)cc3c2C(=O)OCC3)CC1. The molecule has 1 aromatic carbocycles. The summed E-state index contributed by atoms with van der Waals surface area (Å²) in [6, 6.07) is 9.62. The van der Waals surface area contributed by atoms with Crippen LogP contribution in [0.25, 0.3) is 6.08 Å². The van der Waals surface area contributed by atoms with Gasteiger partial charge in [-0.1, -0.05) is 32.0 Å². The molecule has 7 nitrogen and oxygen atoms in total. The second-order valence-electron chi connectivity index (χ2n) is 8.33. The monoisotopic (exact) mass is 435 g/mol. The largest absolute Gasteiger partial charge is 0.496 e. The molecule has 2 aliphatic heterocycles. The van der Waals surface area contributed by atoms with Gasteiger partial charge in [0.25, 0.3) is 0 Å². The molecule has 1 aromatic heterocycles. The molecule has 0 radical (unpaired) electrons. The fraction of sp³-hybridized carbons (Fsp3) is 0.400. The normalized spacial score (nSPS) is 16.3. The smallest absolute Gasteiger partial charge is 0.342 e. The van der Waals surface area contributed by atoms with E-state index in [-0.39, 0.29) is 17.8 Å². The summed E-state index contributed by atoms with van der Waals surface area (Å²) in [6.45, 7) is 6.96. The van der Waals surface area contributed by atoms with Crippen molar-refractivity contribution >= 4 is 23.8 Å². The van der Waals surface area contributed by atoms with Crippen molar-refractivity contribution < 1.29 is 19.1 Å². The van der Waals surface area contributed by atoms with Crippen LogP contribution in [0.5, 0.6) is 5.75 Å². The summed E-state index contributed by atoms with van der Waals surface area (Å²) >= 11 is 0. The molecule has 0 bridgehead atoms. The van der Waals surface area contributed by atoms with Crippen molar-refractivity contribution in [3.63, 3.8) is 0 Å². The summed E-state index contributed by atoms with van der Waals surface area (Å²) in [7, 11) is 1.62. The molecular formula is C25H29N3O4. The predicted molar refractivity (Wildman–Crippen MR) is 123 cm³/mol. The number of benzene rings is 1. The van der Waals surface area contributed by atoms with Crippen LogP contribution in [-0.4, -0.2) is 61.7 Å². The number of esters is 1. The highest BCUT2D eigenvalue weighted by molar-refractivity contribution is 5.97. The summed E-state index contributed by atoms with van der Waals surface area (Å²) in [5.41, 5.74) is 3.43. The Morgan fingerprint density at radius 2 is 1.94 bits per heavy atom. The summed E-state index contributed by atoms with van der Waals surface area (Å²) in [4.78, 5) is 34.0. The van der Waals surface area contributed by atoms with Crippen LogP contribution in [0.4, 0.5) is 5.82 Å². The lowest BCUT2D eigenvalue weighted by Crippen LogP contribution is -2.49. The molecule has 2 aromatic rings. The molecule has 1 amide bonds.